The Morgan fingerprint density at radius 3 is 2.27 bits per heavy atom. The number of hydrogen-bond donors (Lipinski definition) is 2. The van der Waals surface area contributed by atoms with Crippen LogP contribution in [0, 0.1) is 5.41 Å². The Hall–Kier alpha value is -1.31. The molecule has 2 heteroatoms. The van der Waals surface area contributed by atoms with Crippen LogP contribution >= 0.6 is 0 Å². The molecule has 0 fully saturated rings. The van der Waals surface area contributed by atoms with Crippen molar-refractivity contribution in [2.45, 2.75) is 33.1 Å². The molecule has 1 aromatic rings. The van der Waals surface area contributed by atoms with E-state index in [9.17, 15) is 0 Å². The predicted molar refractivity (Wildman–Crippen MR) is 67.2 cm³/mol. The lowest BCUT2D eigenvalue weighted by molar-refractivity contribution is 0.590. The summed E-state index contributed by atoms with van der Waals surface area (Å²) < 4.78 is 0. The maximum absolute atomic E-state index is 7.67. The zero-order valence-electron chi connectivity index (χ0n) is 10.2. The van der Waals surface area contributed by atoms with E-state index in [1.807, 2.05) is 20.0 Å². The Morgan fingerprint density at radius 2 is 1.87 bits per heavy atom. The Balaban J connectivity index is 3.25. The van der Waals surface area contributed by atoms with Crippen LogP contribution < -0.4 is 5.32 Å². The molecule has 0 radical (unpaired) electrons. The minimum Gasteiger partial charge on any atom is -0.388 e. The highest BCUT2D eigenvalue weighted by Crippen LogP contribution is 2.27. The fourth-order valence-corrected chi connectivity index (χ4v) is 1.54. The average Bonchev–Trinajstić information content (AvgIpc) is 2.15. The highest BCUT2D eigenvalue weighted by atomic mass is 14.8. The lowest BCUT2D eigenvalue weighted by atomic mass is 9.86. The summed E-state index contributed by atoms with van der Waals surface area (Å²) in [7, 11) is 1.90. The second-order valence-electron chi connectivity index (χ2n) is 4.89. The Bertz CT molecular complexity index is 373. The van der Waals surface area contributed by atoms with Crippen LogP contribution in [0.15, 0.2) is 18.2 Å². The molecule has 15 heavy (non-hydrogen) atoms. The van der Waals surface area contributed by atoms with Crippen LogP contribution in [0.2, 0.25) is 0 Å². The van der Waals surface area contributed by atoms with Crippen molar-refractivity contribution in [2.24, 2.45) is 0 Å². The lowest BCUT2D eigenvalue weighted by Crippen LogP contribution is -2.12. The van der Waals surface area contributed by atoms with Gasteiger partial charge in [-0.05, 0) is 24.0 Å². The molecular formula is C13H20N2. The third-order valence-electron chi connectivity index (χ3n) is 2.56. The summed E-state index contributed by atoms with van der Waals surface area (Å²) in [5.74, 6) is 0. The molecular weight excluding hydrogens is 184 g/mol. The Kier molecular flexibility index (Phi) is 3.18. The maximum atomic E-state index is 7.67. The van der Waals surface area contributed by atoms with E-state index in [0.29, 0.717) is 5.71 Å². The molecule has 0 aromatic heterocycles. The van der Waals surface area contributed by atoms with E-state index < -0.39 is 0 Å². The monoisotopic (exact) mass is 204 g/mol. The number of benzene rings is 1. The Labute approximate surface area is 92.2 Å². The van der Waals surface area contributed by atoms with E-state index in [-0.39, 0.29) is 5.41 Å². The molecule has 0 aliphatic rings. The molecule has 2 nitrogen and oxygen atoms in total. The van der Waals surface area contributed by atoms with Crippen LogP contribution in [-0.4, -0.2) is 12.8 Å². The lowest BCUT2D eigenvalue weighted by Gasteiger charge is -2.21. The maximum Gasteiger partial charge on any atom is 0.0432 e. The van der Waals surface area contributed by atoms with Gasteiger partial charge in [-0.1, -0.05) is 32.9 Å². The molecule has 0 spiro atoms. The number of anilines is 1. The van der Waals surface area contributed by atoms with Gasteiger partial charge in [-0.25, -0.2) is 0 Å². The second-order valence-corrected chi connectivity index (χ2v) is 4.89. The van der Waals surface area contributed by atoms with Crippen molar-refractivity contribution in [1.29, 1.82) is 5.41 Å². The molecule has 1 aromatic carbocycles. The van der Waals surface area contributed by atoms with Crippen molar-refractivity contribution >= 4 is 11.4 Å². The van der Waals surface area contributed by atoms with Crippen LogP contribution in [0.4, 0.5) is 5.69 Å². The highest BCUT2D eigenvalue weighted by molar-refractivity contribution is 6.01. The molecule has 1 rings (SSSR count). The van der Waals surface area contributed by atoms with Gasteiger partial charge in [0, 0.05) is 24.0 Å². The van der Waals surface area contributed by atoms with E-state index in [0.717, 1.165) is 11.3 Å². The number of hydrogen-bond acceptors (Lipinski definition) is 2. The van der Waals surface area contributed by atoms with Crippen molar-refractivity contribution in [1.82, 2.24) is 0 Å². The van der Waals surface area contributed by atoms with Gasteiger partial charge in [0.1, 0.15) is 0 Å². The van der Waals surface area contributed by atoms with Crippen molar-refractivity contribution in [3.63, 3.8) is 0 Å². The van der Waals surface area contributed by atoms with E-state index >= 15 is 0 Å². The molecule has 0 bridgehead atoms. The summed E-state index contributed by atoms with van der Waals surface area (Å²) in [6.45, 7) is 8.39. The van der Waals surface area contributed by atoms with Crippen molar-refractivity contribution < 1.29 is 0 Å². The number of rotatable bonds is 2. The van der Waals surface area contributed by atoms with Crippen LogP contribution in [0.25, 0.3) is 0 Å². The van der Waals surface area contributed by atoms with Crippen molar-refractivity contribution in [2.75, 3.05) is 12.4 Å². The summed E-state index contributed by atoms with van der Waals surface area (Å²) in [5.41, 5.74) is 4.05. The summed E-state index contributed by atoms with van der Waals surface area (Å²) in [5, 5.41) is 10.8. The van der Waals surface area contributed by atoms with Crippen LogP contribution in [0.1, 0.15) is 38.8 Å². The minimum absolute atomic E-state index is 0.153. The predicted octanol–water partition coefficient (Wildman–Crippen LogP) is 3.41. The summed E-state index contributed by atoms with van der Waals surface area (Å²) in [6.07, 6.45) is 0. The minimum atomic E-state index is 0.153. The van der Waals surface area contributed by atoms with Crippen molar-refractivity contribution in [3.8, 4) is 0 Å². The van der Waals surface area contributed by atoms with Gasteiger partial charge < -0.3 is 10.7 Å². The first-order valence-electron chi connectivity index (χ1n) is 5.24. The normalized spacial score (nSPS) is 11.3. The number of nitrogens with one attached hydrogen (secondary N) is 2. The molecule has 0 aliphatic carbocycles. The first-order chi connectivity index (χ1) is 6.86. The van der Waals surface area contributed by atoms with Gasteiger partial charge in [0.2, 0.25) is 0 Å². The van der Waals surface area contributed by atoms with Gasteiger partial charge in [-0.15, -0.1) is 0 Å². The first kappa shape index (κ1) is 11.8. The summed E-state index contributed by atoms with van der Waals surface area (Å²) in [6, 6.07) is 6.26. The van der Waals surface area contributed by atoms with Gasteiger partial charge in [0.15, 0.2) is 0 Å². The van der Waals surface area contributed by atoms with Gasteiger partial charge >= 0.3 is 0 Å². The van der Waals surface area contributed by atoms with E-state index in [1.165, 1.54) is 5.56 Å². The molecule has 0 aliphatic heterocycles. The zero-order chi connectivity index (χ0) is 11.6. The van der Waals surface area contributed by atoms with E-state index in [1.54, 1.807) is 0 Å². The standard InChI is InChI=1S/C13H20N2/c1-9(14)11-7-6-10(13(2,3)4)8-12(11)15-5/h6-8,14-15H,1-5H3. The largest absolute Gasteiger partial charge is 0.388 e. The van der Waals surface area contributed by atoms with Gasteiger partial charge in [-0.3, -0.25) is 0 Å². The van der Waals surface area contributed by atoms with E-state index in [2.05, 4.69) is 38.2 Å². The fourth-order valence-electron chi connectivity index (χ4n) is 1.54. The van der Waals surface area contributed by atoms with Crippen LogP contribution in [-0.2, 0) is 5.41 Å². The molecule has 82 valence electrons. The van der Waals surface area contributed by atoms with Crippen LogP contribution in [0.3, 0.4) is 0 Å². The third kappa shape index (κ3) is 2.58. The molecule has 0 saturated heterocycles. The third-order valence-corrected chi connectivity index (χ3v) is 2.56. The second kappa shape index (κ2) is 4.05. The van der Waals surface area contributed by atoms with Gasteiger partial charge in [0.25, 0.3) is 0 Å². The summed E-state index contributed by atoms with van der Waals surface area (Å²) in [4.78, 5) is 0. The van der Waals surface area contributed by atoms with Crippen LogP contribution in [0.5, 0.6) is 0 Å². The Morgan fingerprint density at radius 1 is 1.27 bits per heavy atom. The summed E-state index contributed by atoms with van der Waals surface area (Å²) >= 11 is 0. The molecule has 0 unspecified atom stereocenters. The fraction of sp³-hybridized carbons (Fsp3) is 0.462. The first-order valence-corrected chi connectivity index (χ1v) is 5.24. The highest BCUT2D eigenvalue weighted by Gasteiger charge is 2.15. The average molecular weight is 204 g/mol. The smallest absolute Gasteiger partial charge is 0.0432 e. The molecule has 0 saturated carbocycles. The van der Waals surface area contributed by atoms with E-state index in [4.69, 9.17) is 5.41 Å². The topological polar surface area (TPSA) is 35.9 Å². The quantitative estimate of drug-likeness (QED) is 0.711. The molecule has 0 heterocycles. The van der Waals surface area contributed by atoms with Gasteiger partial charge in [0.05, 0.1) is 0 Å². The molecule has 2 N–H and O–H groups in total. The SMILES string of the molecule is CNc1cc(C(C)(C)C)ccc1C(C)=N. The van der Waals surface area contributed by atoms with Crippen molar-refractivity contribution in [3.05, 3.63) is 29.3 Å². The zero-order valence-corrected chi connectivity index (χ0v) is 10.2. The molecule has 0 atom stereocenters. The molecule has 0 amide bonds. The van der Waals surface area contributed by atoms with Gasteiger partial charge in [-0.2, -0.15) is 0 Å².